The van der Waals surface area contributed by atoms with Crippen molar-refractivity contribution in [2.24, 2.45) is 0 Å². The fourth-order valence-corrected chi connectivity index (χ4v) is 2.66. The molecular weight excluding hydrogens is 320 g/mol. The third kappa shape index (κ3) is 2.10. The zero-order valence-electron chi connectivity index (χ0n) is 10.7. The van der Waals surface area contributed by atoms with E-state index in [1.165, 1.54) is 0 Å². The Kier molecular flexibility index (Phi) is 3.06. The van der Waals surface area contributed by atoms with E-state index in [0.717, 1.165) is 21.5 Å². The maximum atomic E-state index is 11.0. The molecule has 0 radical (unpaired) electrons. The number of fused-ring (bicyclic) bond motifs is 1. The molecule has 1 N–H and O–H groups in total. The number of carboxylic acids is 1. The molecule has 3 aromatic rings. The van der Waals surface area contributed by atoms with Gasteiger partial charge in [-0.25, -0.2) is 9.78 Å². The van der Waals surface area contributed by atoms with Gasteiger partial charge in [-0.05, 0) is 43.3 Å². The first-order chi connectivity index (χ1) is 9.56. The van der Waals surface area contributed by atoms with E-state index in [2.05, 4.69) is 20.9 Å². The Morgan fingerprint density at radius 3 is 2.75 bits per heavy atom. The van der Waals surface area contributed by atoms with Crippen LogP contribution in [0.15, 0.2) is 46.9 Å². The molecule has 2 aromatic carbocycles. The predicted octanol–water partition coefficient (Wildman–Crippen LogP) is 3.79. The summed E-state index contributed by atoms with van der Waals surface area (Å²) in [4.78, 5) is 15.5. The van der Waals surface area contributed by atoms with Crippen LogP contribution in [-0.2, 0) is 0 Å². The Balaban J connectivity index is 2.26. The number of carboxylic acid groups (broad SMARTS) is 1. The maximum absolute atomic E-state index is 11.0. The van der Waals surface area contributed by atoms with Crippen molar-refractivity contribution in [2.75, 3.05) is 0 Å². The lowest BCUT2D eigenvalue weighted by molar-refractivity contribution is 0.0697. The van der Waals surface area contributed by atoms with Crippen LogP contribution in [0.2, 0.25) is 0 Å². The van der Waals surface area contributed by atoms with Crippen LogP contribution >= 0.6 is 15.9 Å². The van der Waals surface area contributed by atoms with Gasteiger partial charge in [0.1, 0.15) is 5.82 Å². The van der Waals surface area contributed by atoms with E-state index in [9.17, 15) is 4.79 Å². The molecule has 0 unspecified atom stereocenters. The lowest BCUT2D eigenvalue weighted by Crippen LogP contribution is -1.98. The van der Waals surface area contributed by atoms with Gasteiger partial charge < -0.3 is 5.11 Å². The van der Waals surface area contributed by atoms with E-state index in [0.29, 0.717) is 5.52 Å². The molecule has 100 valence electrons. The molecule has 0 bridgehead atoms. The van der Waals surface area contributed by atoms with Crippen molar-refractivity contribution in [2.45, 2.75) is 6.92 Å². The number of aromatic nitrogens is 2. The zero-order chi connectivity index (χ0) is 14.3. The number of rotatable bonds is 2. The number of nitrogens with zero attached hydrogens (tertiary/aromatic N) is 2. The van der Waals surface area contributed by atoms with E-state index in [1.54, 1.807) is 18.2 Å². The Hall–Kier alpha value is -2.14. The first-order valence-electron chi connectivity index (χ1n) is 6.04. The molecule has 1 aromatic heterocycles. The summed E-state index contributed by atoms with van der Waals surface area (Å²) in [5.41, 5.74) is 2.81. The molecule has 0 saturated heterocycles. The summed E-state index contributed by atoms with van der Waals surface area (Å²) in [6, 6.07) is 12.9. The molecule has 0 saturated carbocycles. The molecular formula is C15H11BrN2O2. The highest BCUT2D eigenvalue weighted by molar-refractivity contribution is 9.10. The number of halogens is 1. The van der Waals surface area contributed by atoms with Crippen LogP contribution in [0.3, 0.4) is 0 Å². The van der Waals surface area contributed by atoms with Crippen molar-refractivity contribution in [3.05, 3.63) is 58.3 Å². The average molecular weight is 331 g/mol. The van der Waals surface area contributed by atoms with Gasteiger partial charge in [-0.15, -0.1) is 0 Å². The Morgan fingerprint density at radius 2 is 2.05 bits per heavy atom. The molecule has 0 amide bonds. The van der Waals surface area contributed by atoms with Crippen LogP contribution in [-0.4, -0.2) is 20.6 Å². The minimum absolute atomic E-state index is 0.247. The average Bonchev–Trinajstić information content (AvgIpc) is 2.73. The number of hydrogen-bond acceptors (Lipinski definition) is 2. The highest BCUT2D eigenvalue weighted by atomic mass is 79.9. The van der Waals surface area contributed by atoms with Gasteiger partial charge in [-0.2, -0.15) is 0 Å². The van der Waals surface area contributed by atoms with Crippen molar-refractivity contribution in [1.29, 1.82) is 0 Å². The second kappa shape index (κ2) is 4.76. The van der Waals surface area contributed by atoms with E-state index >= 15 is 0 Å². The van der Waals surface area contributed by atoms with Crippen LogP contribution in [0, 0.1) is 6.92 Å². The molecule has 1 heterocycles. The summed E-state index contributed by atoms with van der Waals surface area (Å²) in [6.07, 6.45) is 0. The van der Waals surface area contributed by atoms with Crippen molar-refractivity contribution in [3.8, 4) is 5.69 Å². The van der Waals surface area contributed by atoms with Gasteiger partial charge in [0.2, 0.25) is 0 Å². The molecule has 0 spiro atoms. The summed E-state index contributed by atoms with van der Waals surface area (Å²) >= 11 is 3.46. The fourth-order valence-electron chi connectivity index (χ4n) is 2.27. The number of aromatic carboxylic acids is 1. The van der Waals surface area contributed by atoms with Gasteiger partial charge in [0.05, 0.1) is 16.6 Å². The third-order valence-corrected chi connectivity index (χ3v) is 3.63. The van der Waals surface area contributed by atoms with E-state index < -0.39 is 5.97 Å². The molecule has 0 atom stereocenters. The number of imidazole rings is 1. The molecule has 4 nitrogen and oxygen atoms in total. The molecule has 0 aliphatic heterocycles. The van der Waals surface area contributed by atoms with Gasteiger partial charge in [-0.1, -0.05) is 22.0 Å². The number of hydrogen-bond donors (Lipinski definition) is 1. The summed E-state index contributed by atoms with van der Waals surface area (Å²) < 4.78 is 2.99. The monoisotopic (exact) mass is 330 g/mol. The maximum Gasteiger partial charge on any atom is 0.335 e. The van der Waals surface area contributed by atoms with Crippen LogP contribution in [0.5, 0.6) is 0 Å². The normalized spacial score (nSPS) is 10.9. The summed E-state index contributed by atoms with van der Waals surface area (Å²) in [5, 5.41) is 9.03. The Bertz CT molecular complexity index is 824. The summed E-state index contributed by atoms with van der Waals surface area (Å²) in [6.45, 7) is 1.90. The van der Waals surface area contributed by atoms with Crippen LogP contribution in [0.1, 0.15) is 16.2 Å². The van der Waals surface area contributed by atoms with Crippen molar-refractivity contribution >= 4 is 32.9 Å². The molecule has 5 heteroatoms. The summed E-state index contributed by atoms with van der Waals surface area (Å²) in [5.74, 6) is -0.123. The standard InChI is InChI=1S/C15H11BrN2O2/c1-9-17-13-7-10(15(19)20)5-6-14(13)18(9)12-4-2-3-11(16)8-12/h2-8H,1H3,(H,19,20). The number of aryl methyl sites for hydroxylation is 1. The Morgan fingerprint density at radius 1 is 1.25 bits per heavy atom. The highest BCUT2D eigenvalue weighted by Gasteiger charge is 2.12. The van der Waals surface area contributed by atoms with Crippen LogP contribution < -0.4 is 0 Å². The lowest BCUT2D eigenvalue weighted by atomic mass is 10.2. The molecule has 0 aliphatic rings. The topological polar surface area (TPSA) is 55.1 Å². The quantitative estimate of drug-likeness (QED) is 0.777. The van der Waals surface area contributed by atoms with Gasteiger partial charge in [0, 0.05) is 10.2 Å². The first-order valence-corrected chi connectivity index (χ1v) is 6.84. The minimum Gasteiger partial charge on any atom is -0.478 e. The second-order valence-electron chi connectivity index (χ2n) is 4.48. The van der Waals surface area contributed by atoms with Gasteiger partial charge in [0.25, 0.3) is 0 Å². The molecule has 0 fully saturated rings. The van der Waals surface area contributed by atoms with Crippen molar-refractivity contribution in [3.63, 3.8) is 0 Å². The largest absolute Gasteiger partial charge is 0.478 e. The Labute approximate surface area is 123 Å². The van der Waals surface area contributed by atoms with Gasteiger partial charge >= 0.3 is 5.97 Å². The lowest BCUT2D eigenvalue weighted by Gasteiger charge is -2.07. The smallest absolute Gasteiger partial charge is 0.335 e. The van der Waals surface area contributed by atoms with E-state index in [4.69, 9.17) is 5.11 Å². The highest BCUT2D eigenvalue weighted by Crippen LogP contribution is 2.24. The molecule has 0 aliphatic carbocycles. The molecule has 3 rings (SSSR count). The second-order valence-corrected chi connectivity index (χ2v) is 5.40. The first kappa shape index (κ1) is 12.9. The van der Waals surface area contributed by atoms with Gasteiger partial charge in [0.15, 0.2) is 0 Å². The van der Waals surface area contributed by atoms with E-state index in [1.807, 2.05) is 35.8 Å². The zero-order valence-corrected chi connectivity index (χ0v) is 12.3. The fraction of sp³-hybridized carbons (Fsp3) is 0.0667. The number of benzene rings is 2. The summed E-state index contributed by atoms with van der Waals surface area (Å²) in [7, 11) is 0. The van der Waals surface area contributed by atoms with Gasteiger partial charge in [-0.3, -0.25) is 4.57 Å². The third-order valence-electron chi connectivity index (χ3n) is 3.14. The predicted molar refractivity (Wildman–Crippen MR) is 80.5 cm³/mol. The van der Waals surface area contributed by atoms with Crippen LogP contribution in [0.4, 0.5) is 0 Å². The number of carbonyl (C=O) groups is 1. The SMILES string of the molecule is Cc1nc2cc(C(=O)O)ccc2n1-c1cccc(Br)c1. The van der Waals surface area contributed by atoms with Crippen LogP contribution in [0.25, 0.3) is 16.7 Å². The van der Waals surface area contributed by atoms with E-state index in [-0.39, 0.29) is 5.56 Å². The molecule has 20 heavy (non-hydrogen) atoms. The van der Waals surface area contributed by atoms with Crippen molar-refractivity contribution in [1.82, 2.24) is 9.55 Å². The van der Waals surface area contributed by atoms with Crippen molar-refractivity contribution < 1.29 is 9.90 Å². The minimum atomic E-state index is -0.943.